The van der Waals surface area contributed by atoms with Gasteiger partial charge in [0.25, 0.3) is 0 Å². The smallest absolute Gasteiger partial charge is 0.139 e. The third-order valence-corrected chi connectivity index (χ3v) is 4.54. The fraction of sp³-hybridized carbons (Fsp3) is 0.200. The van der Waals surface area contributed by atoms with Gasteiger partial charge in [-0.2, -0.15) is 11.8 Å². The predicted molar refractivity (Wildman–Crippen MR) is 104 cm³/mol. The van der Waals surface area contributed by atoms with Crippen LogP contribution in [0.1, 0.15) is 0 Å². The SMILES string of the molecule is CSCCOc1cc(Br)ccc1Cl.Oc1cc(Br)ccc1Cl. The minimum Gasteiger partial charge on any atom is -0.506 e. The monoisotopic (exact) mass is 486 g/mol. The van der Waals surface area contributed by atoms with Crippen molar-refractivity contribution in [1.82, 2.24) is 0 Å². The molecule has 1 N–H and O–H groups in total. The summed E-state index contributed by atoms with van der Waals surface area (Å²) in [6, 6.07) is 10.5. The zero-order valence-corrected chi connectivity index (χ0v) is 17.2. The Bertz CT molecular complexity index is 612. The normalized spacial score (nSPS) is 9.86. The van der Waals surface area contributed by atoms with E-state index in [-0.39, 0.29) is 5.75 Å². The lowest BCUT2D eigenvalue weighted by Gasteiger charge is -2.06. The summed E-state index contributed by atoms with van der Waals surface area (Å²) in [5.74, 6) is 1.82. The molecule has 2 rings (SSSR count). The quantitative estimate of drug-likeness (QED) is 0.488. The fourth-order valence-electron chi connectivity index (χ4n) is 1.31. The van der Waals surface area contributed by atoms with Crippen molar-refractivity contribution in [2.75, 3.05) is 18.6 Å². The largest absolute Gasteiger partial charge is 0.506 e. The number of hydrogen-bond donors (Lipinski definition) is 1. The minimum atomic E-state index is 0.103. The second-order valence-corrected chi connectivity index (χ2v) is 7.64. The number of halogens is 4. The van der Waals surface area contributed by atoms with E-state index in [4.69, 9.17) is 33.0 Å². The van der Waals surface area contributed by atoms with Crippen LogP contribution >= 0.6 is 66.8 Å². The fourth-order valence-corrected chi connectivity index (χ4v) is 2.54. The van der Waals surface area contributed by atoms with Crippen molar-refractivity contribution < 1.29 is 9.84 Å². The summed E-state index contributed by atoms with van der Waals surface area (Å²) in [5, 5.41) is 9.97. The highest BCUT2D eigenvalue weighted by Crippen LogP contribution is 2.28. The van der Waals surface area contributed by atoms with Gasteiger partial charge in [-0.05, 0) is 42.7 Å². The number of benzene rings is 2. The Morgan fingerprint density at radius 3 is 2.18 bits per heavy atom. The van der Waals surface area contributed by atoms with Crippen molar-refractivity contribution in [2.45, 2.75) is 0 Å². The molecular formula is C15H14Br2Cl2O2S. The van der Waals surface area contributed by atoms with Crippen molar-refractivity contribution in [3.8, 4) is 11.5 Å². The van der Waals surface area contributed by atoms with Gasteiger partial charge in [-0.1, -0.05) is 55.1 Å². The van der Waals surface area contributed by atoms with Gasteiger partial charge in [0.1, 0.15) is 11.5 Å². The summed E-state index contributed by atoms with van der Waals surface area (Å²) in [4.78, 5) is 0. The van der Waals surface area contributed by atoms with E-state index in [1.165, 1.54) is 0 Å². The molecule has 0 aliphatic rings. The molecule has 0 atom stereocenters. The van der Waals surface area contributed by atoms with Crippen LogP contribution in [0.25, 0.3) is 0 Å². The maximum atomic E-state index is 8.94. The molecule has 0 aliphatic heterocycles. The standard InChI is InChI=1S/C9H10BrClOS.C6H4BrClO/c1-13-5-4-12-9-6-7(10)2-3-8(9)11;7-4-1-2-5(8)6(9)3-4/h2-3,6H,4-5H2,1H3;1-3,9H. The number of phenols is 1. The molecule has 120 valence electrons. The zero-order valence-electron chi connectivity index (χ0n) is 11.7. The average molecular weight is 489 g/mol. The van der Waals surface area contributed by atoms with Crippen LogP contribution in [0.3, 0.4) is 0 Å². The molecule has 22 heavy (non-hydrogen) atoms. The maximum Gasteiger partial charge on any atom is 0.139 e. The Morgan fingerprint density at radius 1 is 1.05 bits per heavy atom. The maximum absolute atomic E-state index is 8.94. The van der Waals surface area contributed by atoms with Crippen LogP contribution < -0.4 is 4.74 Å². The van der Waals surface area contributed by atoms with Gasteiger partial charge in [-0.3, -0.25) is 0 Å². The molecule has 0 aliphatic carbocycles. The molecule has 0 fully saturated rings. The number of hydrogen-bond acceptors (Lipinski definition) is 3. The topological polar surface area (TPSA) is 29.5 Å². The predicted octanol–water partition coefficient (Wildman–Crippen LogP) is 6.65. The van der Waals surface area contributed by atoms with E-state index in [0.29, 0.717) is 16.7 Å². The van der Waals surface area contributed by atoms with E-state index in [1.807, 2.05) is 24.5 Å². The summed E-state index contributed by atoms with van der Waals surface area (Å²) < 4.78 is 7.28. The van der Waals surface area contributed by atoms with Gasteiger partial charge < -0.3 is 9.84 Å². The second kappa shape index (κ2) is 10.7. The number of rotatable bonds is 4. The van der Waals surface area contributed by atoms with Gasteiger partial charge in [-0.15, -0.1) is 0 Å². The molecule has 0 bridgehead atoms. The highest BCUT2D eigenvalue weighted by atomic mass is 79.9. The van der Waals surface area contributed by atoms with Crippen LogP contribution in [0, 0.1) is 0 Å². The summed E-state index contributed by atoms with van der Waals surface area (Å²) in [7, 11) is 0. The number of aromatic hydroxyl groups is 1. The molecule has 2 nitrogen and oxygen atoms in total. The molecule has 7 heteroatoms. The Kier molecular flexibility index (Phi) is 9.68. The first-order valence-electron chi connectivity index (χ1n) is 6.15. The van der Waals surface area contributed by atoms with Gasteiger partial charge in [0.05, 0.1) is 16.7 Å². The van der Waals surface area contributed by atoms with E-state index >= 15 is 0 Å². The van der Waals surface area contributed by atoms with Crippen LogP contribution in [0.2, 0.25) is 10.0 Å². The average Bonchev–Trinajstić information content (AvgIpc) is 2.48. The lowest BCUT2D eigenvalue weighted by atomic mass is 10.3. The van der Waals surface area contributed by atoms with Crippen molar-refractivity contribution in [1.29, 1.82) is 0 Å². The van der Waals surface area contributed by atoms with E-state index in [1.54, 1.807) is 30.0 Å². The molecule has 2 aromatic carbocycles. The Balaban J connectivity index is 0.000000235. The summed E-state index contributed by atoms with van der Waals surface area (Å²) in [6.45, 7) is 0.692. The third kappa shape index (κ3) is 7.47. The summed E-state index contributed by atoms with van der Waals surface area (Å²) in [5.41, 5.74) is 0. The van der Waals surface area contributed by atoms with Gasteiger partial charge in [0.2, 0.25) is 0 Å². The Hall–Kier alpha value is -0.0700. The Morgan fingerprint density at radius 2 is 1.64 bits per heavy atom. The zero-order chi connectivity index (χ0) is 16.5. The number of thioether (sulfide) groups is 1. The van der Waals surface area contributed by atoms with Gasteiger partial charge in [-0.25, -0.2) is 0 Å². The lowest BCUT2D eigenvalue weighted by molar-refractivity contribution is 0.344. The van der Waals surface area contributed by atoms with Crippen LogP contribution in [-0.4, -0.2) is 23.7 Å². The lowest BCUT2D eigenvalue weighted by Crippen LogP contribution is -1.99. The first-order valence-corrected chi connectivity index (χ1v) is 9.88. The minimum absolute atomic E-state index is 0.103. The number of ether oxygens (including phenoxy) is 1. The molecule has 0 amide bonds. The molecule has 0 spiro atoms. The Labute approximate surface area is 161 Å². The van der Waals surface area contributed by atoms with Crippen LogP contribution in [0.4, 0.5) is 0 Å². The molecule has 0 unspecified atom stereocenters. The number of phenolic OH excluding ortho intramolecular Hbond substituents is 1. The highest BCUT2D eigenvalue weighted by Gasteiger charge is 2.01. The van der Waals surface area contributed by atoms with Crippen molar-refractivity contribution in [2.24, 2.45) is 0 Å². The van der Waals surface area contributed by atoms with Crippen LogP contribution in [0.15, 0.2) is 45.3 Å². The van der Waals surface area contributed by atoms with Crippen molar-refractivity contribution in [3.63, 3.8) is 0 Å². The van der Waals surface area contributed by atoms with E-state index in [9.17, 15) is 0 Å². The second-order valence-electron chi connectivity index (χ2n) is 4.01. The first-order chi connectivity index (χ1) is 10.4. The van der Waals surface area contributed by atoms with Gasteiger partial charge in [0.15, 0.2) is 0 Å². The summed E-state index contributed by atoms with van der Waals surface area (Å²) in [6.07, 6.45) is 2.05. The molecule has 2 aromatic rings. The van der Waals surface area contributed by atoms with Gasteiger partial charge >= 0.3 is 0 Å². The molecule has 0 aromatic heterocycles. The van der Waals surface area contributed by atoms with E-state index < -0.39 is 0 Å². The molecule has 0 radical (unpaired) electrons. The molecular weight excluding hydrogens is 475 g/mol. The first kappa shape index (κ1) is 20.0. The van der Waals surface area contributed by atoms with Crippen LogP contribution in [-0.2, 0) is 0 Å². The molecule has 0 heterocycles. The molecule has 0 saturated heterocycles. The van der Waals surface area contributed by atoms with Crippen molar-refractivity contribution in [3.05, 3.63) is 55.4 Å². The van der Waals surface area contributed by atoms with Gasteiger partial charge in [0, 0.05) is 14.7 Å². The summed E-state index contributed by atoms with van der Waals surface area (Å²) >= 11 is 19.7. The third-order valence-electron chi connectivity index (χ3n) is 2.35. The van der Waals surface area contributed by atoms with E-state index in [2.05, 4.69) is 31.9 Å². The van der Waals surface area contributed by atoms with Crippen molar-refractivity contribution >= 4 is 66.8 Å². The van der Waals surface area contributed by atoms with Crippen LogP contribution in [0.5, 0.6) is 11.5 Å². The van der Waals surface area contributed by atoms with E-state index in [0.717, 1.165) is 20.4 Å². The highest BCUT2D eigenvalue weighted by molar-refractivity contribution is 9.10. The molecule has 0 saturated carbocycles.